The van der Waals surface area contributed by atoms with Crippen LogP contribution in [0.15, 0.2) is 18.6 Å². The fraction of sp³-hybridized carbons (Fsp3) is 0.750. The van der Waals surface area contributed by atoms with Crippen LogP contribution in [0.2, 0.25) is 0 Å². The first-order valence-electron chi connectivity index (χ1n) is 18.2. The lowest BCUT2D eigenvalue weighted by atomic mass is 9.82. The predicted octanol–water partition coefficient (Wildman–Crippen LogP) is 5.22. The van der Waals surface area contributed by atoms with Gasteiger partial charge >= 0.3 is 0 Å². The van der Waals surface area contributed by atoms with Crippen LogP contribution in [0.5, 0.6) is 0 Å². The zero-order valence-electron chi connectivity index (χ0n) is 30.3. The Morgan fingerprint density at radius 1 is 0.836 bits per heavy atom. The second-order valence-electron chi connectivity index (χ2n) is 15.5. The van der Waals surface area contributed by atoms with E-state index in [0.29, 0.717) is 19.4 Å². The van der Waals surface area contributed by atoms with Gasteiger partial charge in [-0.2, -0.15) is 27.0 Å². The maximum absolute atomic E-state index is 14.6. The van der Waals surface area contributed by atoms with Gasteiger partial charge in [-0.15, -0.1) is 0 Å². The van der Waals surface area contributed by atoms with Gasteiger partial charge < -0.3 is 26.2 Å². The molecule has 5 amide bonds. The highest BCUT2D eigenvalue weighted by Gasteiger charge is 2.52. The summed E-state index contributed by atoms with van der Waals surface area (Å²) in [6.45, 7) is 7.85. The van der Waals surface area contributed by atoms with Crippen LogP contribution in [0.1, 0.15) is 145 Å². The average molecular weight is 812 g/mol. The van der Waals surface area contributed by atoms with Crippen LogP contribution >= 0.6 is 27.0 Å². The van der Waals surface area contributed by atoms with Crippen molar-refractivity contribution in [2.75, 3.05) is 6.54 Å². The van der Waals surface area contributed by atoms with Crippen molar-refractivity contribution in [3.05, 3.63) is 24.3 Å². The third-order valence-corrected chi connectivity index (χ3v) is 10.7. The average Bonchev–Trinajstić information content (AvgIpc) is 3.65. The Kier molecular flexibility index (Phi) is 23.3. The van der Waals surface area contributed by atoms with Crippen molar-refractivity contribution in [2.24, 2.45) is 23.2 Å². The molecule has 6 atom stereocenters. The Balaban J connectivity index is 0. The Labute approximate surface area is 344 Å². The number of nitrogens with zero attached hydrogens (tertiary/aromatic N) is 3. The number of hydrogen-bond acceptors (Lipinski definition) is 8. The molecule has 0 aromatic carbocycles. The number of likely N-dealkylation sites (tertiary alicyclic amines) is 1. The normalized spacial score (nSPS) is 21.6. The number of aromatic nitrogens is 2. The lowest BCUT2D eigenvalue weighted by Gasteiger charge is -2.38. The van der Waals surface area contributed by atoms with E-state index < -0.39 is 59.0 Å². The number of hydrogen-bond donors (Lipinski definition) is 4. The zero-order chi connectivity index (χ0) is 35.3. The summed E-state index contributed by atoms with van der Waals surface area (Å²) in [5, 5.41) is 11.5. The molecule has 4 aliphatic rings. The van der Waals surface area contributed by atoms with Crippen molar-refractivity contribution in [2.45, 2.75) is 165 Å². The smallest absolute Gasteiger partial charge is 0.289 e. The molecule has 3 saturated carbocycles. The molecule has 0 bridgehead atoms. The Bertz CT molecular complexity index is 1400. The second-order valence-corrected chi connectivity index (χ2v) is 15.5. The zero-order valence-corrected chi connectivity index (χ0v) is 32.3. The molecular weight excluding hydrogens is 739 g/mol. The minimum atomic E-state index is -0.994. The molecule has 55 heavy (non-hydrogen) atoms. The van der Waals surface area contributed by atoms with Crippen LogP contribution in [0, 0.1) is 23.2 Å². The quantitative estimate of drug-likeness (QED) is 0.196. The number of Topliss-reactive ketones (excluding diaryl/α,β-unsaturated/α-hetero) is 1. The van der Waals surface area contributed by atoms with E-state index in [2.05, 4.69) is 31.2 Å². The summed E-state index contributed by atoms with van der Waals surface area (Å²) < 4.78 is 0. The molecule has 1 saturated heterocycles. The largest absolute Gasteiger partial charge is 0.347 e. The summed E-state index contributed by atoms with van der Waals surface area (Å²) in [5.74, 6) is -3.20. The number of carbonyl (C=O) groups is 6. The minimum absolute atomic E-state index is 0. The van der Waals surface area contributed by atoms with E-state index >= 15 is 0 Å². The molecule has 3 aliphatic carbocycles. The number of carbonyl (C=O) groups excluding carboxylic acids is 6. The van der Waals surface area contributed by atoms with E-state index in [0.717, 1.165) is 64.2 Å². The topological polar surface area (TPSA) is 180 Å². The number of ketones is 1. The van der Waals surface area contributed by atoms with E-state index in [1.807, 2.05) is 27.7 Å². The van der Waals surface area contributed by atoms with Crippen molar-refractivity contribution >= 4 is 62.3 Å². The maximum atomic E-state index is 14.6. The monoisotopic (exact) mass is 812 g/mol. The number of rotatable bonds is 13. The van der Waals surface area contributed by atoms with Gasteiger partial charge in [0.25, 0.3) is 11.8 Å². The first-order chi connectivity index (χ1) is 23.4. The summed E-state index contributed by atoms with van der Waals surface area (Å²) in [4.78, 5) is 91.4. The minimum Gasteiger partial charge on any atom is -0.347 e. The molecule has 4 fully saturated rings. The fourth-order valence-electron chi connectivity index (χ4n) is 7.87. The number of fused-ring (bicyclic) bond motifs is 1. The van der Waals surface area contributed by atoms with Gasteiger partial charge in [-0.25, -0.2) is 4.98 Å². The van der Waals surface area contributed by atoms with Gasteiger partial charge in [-0.3, -0.25) is 33.8 Å². The molecule has 0 radical (unpaired) electrons. The molecule has 2 heterocycles. The van der Waals surface area contributed by atoms with E-state index in [-0.39, 0.29) is 92.1 Å². The molecule has 15 heteroatoms. The van der Waals surface area contributed by atoms with Crippen LogP contribution in [-0.4, -0.2) is 86.9 Å². The first-order valence-corrected chi connectivity index (χ1v) is 18.2. The molecule has 13 nitrogen and oxygen atoms in total. The van der Waals surface area contributed by atoms with Crippen LogP contribution < -0.4 is 21.3 Å². The molecule has 1 aromatic heterocycles. The van der Waals surface area contributed by atoms with E-state index in [1.54, 1.807) is 4.90 Å². The van der Waals surface area contributed by atoms with Crippen molar-refractivity contribution in [1.82, 2.24) is 36.1 Å². The molecular formula is C40H73N7O6S2. The molecule has 4 N–H and O–H groups in total. The summed E-state index contributed by atoms with van der Waals surface area (Å²) in [6, 6.07) is -3.68. The molecule has 316 valence electrons. The van der Waals surface area contributed by atoms with E-state index in [4.69, 9.17) is 0 Å². The SMILES string of the molecule is C.C.C.C.CCC[C@H](NC(=O)[C@H]1[C@@H]2CCC[C@H]2CN1C(=O)[C@H](NC(=O)[C@@H](NC(=O)c1cnccn1)C1CCCCC1)C(C)(C)C)C(=O)C(=O)NC1CC1.S.S. The Hall–Kier alpha value is -3.20. The molecule has 1 aromatic rings. The number of amides is 5. The summed E-state index contributed by atoms with van der Waals surface area (Å²) in [7, 11) is 0. The second kappa shape index (κ2) is 23.8. The highest BCUT2D eigenvalue weighted by atomic mass is 32.1. The van der Waals surface area contributed by atoms with Gasteiger partial charge in [0, 0.05) is 25.0 Å². The van der Waals surface area contributed by atoms with Crippen LogP contribution in [0.25, 0.3) is 0 Å². The van der Waals surface area contributed by atoms with Gasteiger partial charge in [0.2, 0.25) is 23.5 Å². The molecule has 5 rings (SSSR count). The van der Waals surface area contributed by atoms with Gasteiger partial charge in [0.05, 0.1) is 12.2 Å². The number of nitrogens with one attached hydrogen (secondary N) is 4. The Morgan fingerprint density at radius 3 is 2.05 bits per heavy atom. The van der Waals surface area contributed by atoms with Gasteiger partial charge in [0.15, 0.2) is 0 Å². The predicted molar refractivity (Wildman–Crippen MR) is 228 cm³/mol. The van der Waals surface area contributed by atoms with Gasteiger partial charge in [-0.1, -0.05) is 89.5 Å². The standard InChI is InChI=1S/C36H53N7O6.4CH4.2H2S/c1-5-10-25(29(44)34(48)39-23-15-16-23)40-33(47)28-24-14-9-13-22(24)20-43(28)35(49)30(36(2,3)4)42-32(46)27(21-11-7-6-8-12-21)41-31(45)26-19-37-17-18-38-26;;;;;;/h17-19,21-25,27-28,30H,5-16,20H2,1-4H3,(H,39,48)(H,40,47)(H,41,45)(H,42,46);4*1H4;2*1H2/t22-,24+,25-,27-,28+,30-;;;;;;/m0....../s1. The van der Waals surface area contributed by atoms with E-state index in [1.165, 1.54) is 18.6 Å². The Morgan fingerprint density at radius 2 is 1.49 bits per heavy atom. The van der Waals surface area contributed by atoms with Crippen molar-refractivity contribution in [1.29, 1.82) is 0 Å². The molecule has 1 aliphatic heterocycles. The lowest BCUT2D eigenvalue weighted by Crippen LogP contribution is -2.62. The van der Waals surface area contributed by atoms with Crippen molar-refractivity contribution in [3.8, 4) is 0 Å². The third-order valence-electron chi connectivity index (χ3n) is 10.7. The van der Waals surface area contributed by atoms with Crippen molar-refractivity contribution < 1.29 is 28.8 Å². The summed E-state index contributed by atoms with van der Waals surface area (Å²) in [5.41, 5.74) is -0.638. The van der Waals surface area contributed by atoms with Crippen LogP contribution in [-0.2, 0) is 24.0 Å². The summed E-state index contributed by atoms with van der Waals surface area (Å²) >= 11 is 0. The third kappa shape index (κ3) is 13.5. The molecule has 0 spiro atoms. The van der Waals surface area contributed by atoms with Crippen molar-refractivity contribution in [3.63, 3.8) is 0 Å². The lowest BCUT2D eigenvalue weighted by molar-refractivity contribution is -0.146. The summed E-state index contributed by atoms with van der Waals surface area (Å²) in [6.07, 6.45) is 13.9. The molecule has 0 unspecified atom stereocenters. The van der Waals surface area contributed by atoms with E-state index in [9.17, 15) is 28.8 Å². The highest BCUT2D eigenvalue weighted by Crippen LogP contribution is 2.43. The highest BCUT2D eigenvalue weighted by molar-refractivity contribution is 7.59. The first kappa shape index (κ1) is 53.9. The van der Waals surface area contributed by atoms with Gasteiger partial charge in [-0.05, 0) is 68.1 Å². The maximum Gasteiger partial charge on any atom is 0.289 e. The van der Waals surface area contributed by atoms with Crippen LogP contribution in [0.4, 0.5) is 0 Å². The van der Waals surface area contributed by atoms with Gasteiger partial charge in [0.1, 0.15) is 23.8 Å². The fourth-order valence-corrected chi connectivity index (χ4v) is 7.87. The van der Waals surface area contributed by atoms with Crippen LogP contribution in [0.3, 0.4) is 0 Å².